The van der Waals surface area contributed by atoms with Gasteiger partial charge in [-0.25, -0.2) is 0 Å². The SMILES string of the molecule is CC(NCCOC1CCC(C(=O)O)CC1)C(=O)O. The number of nitrogens with one attached hydrogen (secondary N) is 1. The van der Waals surface area contributed by atoms with Gasteiger partial charge in [-0.05, 0) is 32.6 Å². The Morgan fingerprint density at radius 3 is 2.39 bits per heavy atom. The van der Waals surface area contributed by atoms with Crippen molar-refractivity contribution in [3.63, 3.8) is 0 Å². The summed E-state index contributed by atoms with van der Waals surface area (Å²) in [7, 11) is 0. The van der Waals surface area contributed by atoms with Gasteiger partial charge in [-0.2, -0.15) is 0 Å². The van der Waals surface area contributed by atoms with E-state index >= 15 is 0 Å². The monoisotopic (exact) mass is 259 g/mol. The molecule has 0 spiro atoms. The molecule has 0 aromatic rings. The van der Waals surface area contributed by atoms with Gasteiger partial charge in [0.25, 0.3) is 0 Å². The molecule has 0 aromatic carbocycles. The molecule has 1 fully saturated rings. The van der Waals surface area contributed by atoms with E-state index in [-0.39, 0.29) is 12.0 Å². The zero-order valence-corrected chi connectivity index (χ0v) is 10.6. The van der Waals surface area contributed by atoms with E-state index in [4.69, 9.17) is 14.9 Å². The van der Waals surface area contributed by atoms with E-state index in [9.17, 15) is 9.59 Å². The van der Waals surface area contributed by atoms with E-state index in [1.807, 2.05) is 0 Å². The average Bonchev–Trinajstić information content (AvgIpc) is 2.34. The van der Waals surface area contributed by atoms with E-state index in [1.165, 1.54) is 0 Å². The van der Waals surface area contributed by atoms with E-state index in [2.05, 4.69) is 5.32 Å². The third-order valence-corrected chi connectivity index (χ3v) is 3.30. The molecule has 1 rings (SSSR count). The molecule has 1 saturated carbocycles. The first kappa shape index (κ1) is 14.9. The van der Waals surface area contributed by atoms with Crippen LogP contribution >= 0.6 is 0 Å². The molecule has 1 atom stereocenters. The summed E-state index contributed by atoms with van der Waals surface area (Å²) < 4.78 is 5.59. The van der Waals surface area contributed by atoms with Gasteiger partial charge < -0.3 is 20.3 Å². The quantitative estimate of drug-likeness (QED) is 0.583. The molecule has 0 amide bonds. The highest BCUT2D eigenvalue weighted by molar-refractivity contribution is 5.72. The summed E-state index contributed by atoms with van der Waals surface area (Å²) in [6, 6.07) is -0.573. The van der Waals surface area contributed by atoms with Gasteiger partial charge in [-0.1, -0.05) is 0 Å². The molecule has 104 valence electrons. The van der Waals surface area contributed by atoms with Gasteiger partial charge in [0.1, 0.15) is 6.04 Å². The van der Waals surface area contributed by atoms with Crippen LogP contribution in [0.2, 0.25) is 0 Å². The Balaban J connectivity index is 2.08. The minimum atomic E-state index is -0.878. The lowest BCUT2D eigenvalue weighted by atomic mass is 9.87. The molecule has 0 aliphatic heterocycles. The summed E-state index contributed by atoms with van der Waals surface area (Å²) in [5.41, 5.74) is 0. The molecule has 3 N–H and O–H groups in total. The van der Waals surface area contributed by atoms with Gasteiger partial charge in [0, 0.05) is 6.54 Å². The zero-order chi connectivity index (χ0) is 13.5. The topological polar surface area (TPSA) is 95.9 Å². The first-order valence-corrected chi connectivity index (χ1v) is 6.31. The van der Waals surface area contributed by atoms with Crippen LogP contribution in [0.4, 0.5) is 0 Å². The summed E-state index contributed by atoms with van der Waals surface area (Å²) in [6.45, 7) is 2.53. The fourth-order valence-electron chi connectivity index (χ4n) is 2.06. The van der Waals surface area contributed by atoms with Crippen molar-refractivity contribution < 1.29 is 24.5 Å². The lowest BCUT2D eigenvalue weighted by molar-refractivity contribution is -0.143. The number of carbonyl (C=O) groups is 2. The lowest BCUT2D eigenvalue weighted by Crippen LogP contribution is -2.36. The Labute approximate surface area is 106 Å². The molecule has 0 bridgehead atoms. The fourth-order valence-corrected chi connectivity index (χ4v) is 2.06. The number of hydrogen-bond acceptors (Lipinski definition) is 4. The van der Waals surface area contributed by atoms with E-state index < -0.39 is 18.0 Å². The first-order valence-electron chi connectivity index (χ1n) is 6.31. The van der Waals surface area contributed by atoms with Crippen molar-refractivity contribution in [2.24, 2.45) is 5.92 Å². The van der Waals surface area contributed by atoms with Crippen LogP contribution in [-0.4, -0.2) is 47.4 Å². The van der Waals surface area contributed by atoms with Gasteiger partial charge >= 0.3 is 11.9 Å². The third kappa shape index (κ3) is 5.01. The zero-order valence-electron chi connectivity index (χ0n) is 10.6. The third-order valence-electron chi connectivity index (χ3n) is 3.30. The van der Waals surface area contributed by atoms with Gasteiger partial charge in [0.15, 0.2) is 0 Å². The van der Waals surface area contributed by atoms with Crippen LogP contribution in [0.1, 0.15) is 32.6 Å². The van der Waals surface area contributed by atoms with Crippen molar-refractivity contribution in [3.05, 3.63) is 0 Å². The fraction of sp³-hybridized carbons (Fsp3) is 0.833. The minimum Gasteiger partial charge on any atom is -0.481 e. The predicted molar refractivity (Wildman–Crippen MR) is 64.4 cm³/mol. The van der Waals surface area contributed by atoms with Crippen LogP contribution in [-0.2, 0) is 14.3 Å². The van der Waals surface area contributed by atoms with Gasteiger partial charge in [-0.15, -0.1) is 0 Å². The van der Waals surface area contributed by atoms with Crippen LogP contribution in [0.3, 0.4) is 0 Å². The molecule has 6 nitrogen and oxygen atoms in total. The molecule has 18 heavy (non-hydrogen) atoms. The summed E-state index contributed by atoms with van der Waals surface area (Å²) in [5.74, 6) is -1.82. The standard InChI is InChI=1S/C12H21NO5/c1-8(11(14)15)13-6-7-18-10-4-2-9(3-5-10)12(16)17/h8-10,13H,2-7H2,1H3,(H,14,15)(H,16,17). The van der Waals surface area contributed by atoms with Crippen molar-refractivity contribution >= 4 is 11.9 Å². The van der Waals surface area contributed by atoms with Crippen molar-refractivity contribution in [2.75, 3.05) is 13.2 Å². The number of carboxylic acids is 2. The first-order chi connectivity index (χ1) is 8.50. The maximum atomic E-state index is 10.8. The normalized spacial score (nSPS) is 25.6. The Kier molecular flexibility index (Phi) is 6.07. The largest absolute Gasteiger partial charge is 0.481 e. The van der Waals surface area contributed by atoms with Crippen molar-refractivity contribution in [1.82, 2.24) is 5.32 Å². The predicted octanol–water partition coefficient (Wildman–Crippen LogP) is 0.709. The summed E-state index contributed by atoms with van der Waals surface area (Å²) in [6.07, 6.45) is 2.98. The molecule has 0 radical (unpaired) electrons. The highest BCUT2D eigenvalue weighted by Gasteiger charge is 2.26. The Morgan fingerprint density at radius 2 is 1.89 bits per heavy atom. The molecule has 6 heteroatoms. The Hall–Kier alpha value is -1.14. The number of ether oxygens (including phenoxy) is 1. The number of rotatable bonds is 7. The van der Waals surface area contributed by atoms with E-state index in [0.29, 0.717) is 26.0 Å². The molecular formula is C12H21NO5. The molecule has 0 heterocycles. The minimum absolute atomic E-state index is 0.113. The maximum absolute atomic E-state index is 10.8. The van der Waals surface area contributed by atoms with Crippen LogP contribution in [0.25, 0.3) is 0 Å². The average molecular weight is 259 g/mol. The van der Waals surface area contributed by atoms with Crippen LogP contribution in [0.15, 0.2) is 0 Å². The van der Waals surface area contributed by atoms with Crippen molar-refractivity contribution in [3.8, 4) is 0 Å². The highest BCUT2D eigenvalue weighted by atomic mass is 16.5. The second-order valence-electron chi connectivity index (χ2n) is 4.70. The molecule has 1 unspecified atom stereocenters. The Bertz CT molecular complexity index is 286. The smallest absolute Gasteiger partial charge is 0.320 e. The second-order valence-corrected chi connectivity index (χ2v) is 4.70. The Morgan fingerprint density at radius 1 is 1.28 bits per heavy atom. The number of carboxylic acid groups (broad SMARTS) is 2. The summed E-state index contributed by atoms with van der Waals surface area (Å²) in [4.78, 5) is 21.3. The highest BCUT2D eigenvalue weighted by Crippen LogP contribution is 2.26. The van der Waals surface area contributed by atoms with Gasteiger partial charge in [-0.3, -0.25) is 9.59 Å². The van der Waals surface area contributed by atoms with Crippen LogP contribution < -0.4 is 5.32 Å². The molecule has 0 aromatic heterocycles. The summed E-state index contributed by atoms with van der Waals surface area (Å²) >= 11 is 0. The molecular weight excluding hydrogens is 238 g/mol. The van der Waals surface area contributed by atoms with Gasteiger partial charge in [0.05, 0.1) is 18.6 Å². The maximum Gasteiger partial charge on any atom is 0.320 e. The summed E-state index contributed by atoms with van der Waals surface area (Å²) in [5, 5.41) is 20.3. The van der Waals surface area contributed by atoms with E-state index in [0.717, 1.165) is 12.8 Å². The van der Waals surface area contributed by atoms with Crippen LogP contribution in [0.5, 0.6) is 0 Å². The van der Waals surface area contributed by atoms with Gasteiger partial charge in [0.2, 0.25) is 0 Å². The number of hydrogen-bond donors (Lipinski definition) is 3. The van der Waals surface area contributed by atoms with E-state index in [1.54, 1.807) is 6.92 Å². The van der Waals surface area contributed by atoms with Crippen molar-refractivity contribution in [2.45, 2.75) is 44.8 Å². The lowest BCUT2D eigenvalue weighted by Gasteiger charge is -2.26. The molecule has 0 saturated heterocycles. The second kappa shape index (κ2) is 7.33. The number of aliphatic carboxylic acids is 2. The molecule has 1 aliphatic carbocycles. The molecule has 1 aliphatic rings. The van der Waals surface area contributed by atoms with Crippen molar-refractivity contribution in [1.29, 1.82) is 0 Å². The van der Waals surface area contributed by atoms with Crippen LogP contribution in [0, 0.1) is 5.92 Å².